The molecule has 0 amide bonds. The molecule has 2 aromatic heterocycles. The number of ether oxygens (including phenoxy) is 1. The molecule has 1 saturated heterocycles. The van der Waals surface area contributed by atoms with Crippen LogP contribution in [0.4, 0.5) is 5.69 Å². The molecule has 1 fully saturated rings. The van der Waals surface area contributed by atoms with Crippen molar-refractivity contribution < 1.29 is 9.53 Å². The van der Waals surface area contributed by atoms with E-state index in [1.807, 2.05) is 18.2 Å². The lowest BCUT2D eigenvalue weighted by Crippen LogP contribution is -2.49. The topological polar surface area (TPSA) is 76.4 Å². The second-order valence-corrected chi connectivity index (χ2v) is 6.69. The molecule has 0 spiro atoms. The number of carbonyl (C=O) groups is 1. The molecule has 0 aliphatic carbocycles. The van der Waals surface area contributed by atoms with E-state index in [0.717, 1.165) is 43.5 Å². The fraction of sp³-hybridized carbons (Fsp3) is 0.333. The van der Waals surface area contributed by atoms with E-state index in [1.54, 1.807) is 24.2 Å². The summed E-state index contributed by atoms with van der Waals surface area (Å²) in [6.07, 6.45) is 5.27. The van der Waals surface area contributed by atoms with Crippen LogP contribution in [0.1, 0.15) is 6.17 Å². The molecule has 0 bridgehead atoms. The minimum Gasteiger partial charge on any atom is -0.495 e. The third kappa shape index (κ3) is 3.33. The number of benzene rings is 1. The molecule has 0 radical (unpaired) electrons. The number of piperazine rings is 1. The van der Waals surface area contributed by atoms with Crippen molar-refractivity contribution in [3.63, 3.8) is 0 Å². The van der Waals surface area contributed by atoms with Gasteiger partial charge in [-0.25, -0.2) is 14.6 Å². The number of hydrogen-bond donors (Lipinski definition) is 0. The third-order valence-corrected chi connectivity index (χ3v) is 5.13. The molecule has 1 aromatic carbocycles. The Labute approximate surface area is 161 Å². The van der Waals surface area contributed by atoms with Crippen LogP contribution in [0.15, 0.2) is 36.9 Å². The van der Waals surface area contributed by atoms with Gasteiger partial charge in [-0.3, -0.25) is 9.69 Å². The Balaban J connectivity index is 1.50. The van der Waals surface area contributed by atoms with E-state index in [0.29, 0.717) is 16.4 Å². The minimum atomic E-state index is -0.487. The van der Waals surface area contributed by atoms with Gasteiger partial charge in [0.05, 0.1) is 23.7 Å². The van der Waals surface area contributed by atoms with Crippen LogP contribution in [0.25, 0.3) is 11.0 Å². The first-order valence-corrected chi connectivity index (χ1v) is 9.00. The highest BCUT2D eigenvalue weighted by molar-refractivity contribution is 6.32. The molecule has 9 heteroatoms. The number of aromatic nitrogens is 4. The van der Waals surface area contributed by atoms with Gasteiger partial charge in [0.15, 0.2) is 18.1 Å². The van der Waals surface area contributed by atoms with Crippen LogP contribution in [0.5, 0.6) is 5.75 Å². The predicted octanol–water partition coefficient (Wildman–Crippen LogP) is 2.01. The standard InChI is InChI=1S/C18H19ClN6O2/c1-27-16-8-14(2-3-15(16)19)23-4-6-24(7-5-23)17(11-26)25-18-13(10-22-25)9-20-12-21-18/h2-3,8-12,17H,4-7H2,1H3. The van der Waals surface area contributed by atoms with E-state index in [9.17, 15) is 4.79 Å². The maximum absolute atomic E-state index is 11.8. The van der Waals surface area contributed by atoms with E-state index in [1.165, 1.54) is 6.33 Å². The average Bonchev–Trinajstić information content (AvgIpc) is 3.14. The van der Waals surface area contributed by atoms with Crippen molar-refractivity contribution in [3.8, 4) is 5.75 Å². The van der Waals surface area contributed by atoms with Gasteiger partial charge in [-0.05, 0) is 12.1 Å². The van der Waals surface area contributed by atoms with Crippen LogP contribution in [0.2, 0.25) is 5.02 Å². The largest absolute Gasteiger partial charge is 0.495 e. The number of methoxy groups -OCH3 is 1. The number of hydrogen-bond acceptors (Lipinski definition) is 7. The summed E-state index contributed by atoms with van der Waals surface area (Å²) in [5.74, 6) is 0.657. The molecule has 8 nitrogen and oxygen atoms in total. The molecule has 3 heterocycles. The van der Waals surface area contributed by atoms with Crippen LogP contribution in [0.3, 0.4) is 0 Å². The van der Waals surface area contributed by atoms with Crippen molar-refractivity contribution in [1.29, 1.82) is 0 Å². The van der Waals surface area contributed by atoms with Crippen LogP contribution in [0, 0.1) is 0 Å². The van der Waals surface area contributed by atoms with Crippen molar-refractivity contribution in [2.24, 2.45) is 0 Å². The van der Waals surface area contributed by atoms with Crippen LogP contribution < -0.4 is 9.64 Å². The summed E-state index contributed by atoms with van der Waals surface area (Å²) in [5, 5.41) is 5.75. The zero-order valence-electron chi connectivity index (χ0n) is 14.8. The normalized spacial score (nSPS) is 16.4. The second-order valence-electron chi connectivity index (χ2n) is 6.28. The first-order valence-electron chi connectivity index (χ1n) is 8.62. The van der Waals surface area contributed by atoms with Gasteiger partial charge >= 0.3 is 0 Å². The summed E-state index contributed by atoms with van der Waals surface area (Å²) in [7, 11) is 1.61. The SMILES string of the molecule is COc1cc(N2CCN(C(C=O)n3ncc4cncnc43)CC2)ccc1Cl. The highest BCUT2D eigenvalue weighted by atomic mass is 35.5. The molecule has 4 rings (SSSR count). The van der Waals surface area contributed by atoms with Crippen molar-refractivity contribution in [2.75, 3.05) is 38.2 Å². The van der Waals surface area contributed by atoms with Crippen molar-refractivity contribution in [3.05, 3.63) is 41.9 Å². The molecular weight excluding hydrogens is 368 g/mol. The van der Waals surface area contributed by atoms with Gasteiger partial charge in [-0.1, -0.05) is 11.6 Å². The molecule has 0 N–H and O–H groups in total. The number of aldehydes is 1. The van der Waals surface area contributed by atoms with E-state index in [2.05, 4.69) is 24.9 Å². The molecule has 27 heavy (non-hydrogen) atoms. The zero-order valence-corrected chi connectivity index (χ0v) is 15.6. The van der Waals surface area contributed by atoms with Gasteiger partial charge < -0.3 is 9.64 Å². The third-order valence-electron chi connectivity index (χ3n) is 4.82. The first-order chi connectivity index (χ1) is 13.2. The second kappa shape index (κ2) is 7.50. The Bertz CT molecular complexity index is 954. The molecule has 1 atom stereocenters. The highest BCUT2D eigenvalue weighted by Gasteiger charge is 2.27. The van der Waals surface area contributed by atoms with Gasteiger partial charge in [0.2, 0.25) is 0 Å². The summed E-state index contributed by atoms with van der Waals surface area (Å²) < 4.78 is 6.96. The Morgan fingerprint density at radius 1 is 1.22 bits per heavy atom. The Kier molecular flexibility index (Phi) is 4.91. The lowest BCUT2D eigenvalue weighted by Gasteiger charge is -2.38. The van der Waals surface area contributed by atoms with Crippen molar-refractivity contribution in [1.82, 2.24) is 24.6 Å². The number of fused-ring (bicyclic) bond motifs is 1. The molecule has 3 aromatic rings. The lowest BCUT2D eigenvalue weighted by atomic mass is 10.2. The number of anilines is 1. The molecule has 1 unspecified atom stereocenters. The number of halogens is 1. The van der Waals surface area contributed by atoms with Crippen molar-refractivity contribution in [2.45, 2.75) is 6.17 Å². The van der Waals surface area contributed by atoms with Gasteiger partial charge in [0.1, 0.15) is 12.1 Å². The maximum atomic E-state index is 11.8. The van der Waals surface area contributed by atoms with Gasteiger partial charge in [0.25, 0.3) is 0 Å². The van der Waals surface area contributed by atoms with Gasteiger partial charge in [0, 0.05) is 44.1 Å². The van der Waals surface area contributed by atoms with Gasteiger partial charge in [-0.2, -0.15) is 5.10 Å². The fourth-order valence-electron chi connectivity index (χ4n) is 3.38. The number of rotatable bonds is 5. The van der Waals surface area contributed by atoms with E-state index in [-0.39, 0.29) is 0 Å². The number of nitrogens with zero attached hydrogens (tertiary/aromatic N) is 6. The van der Waals surface area contributed by atoms with Crippen LogP contribution in [-0.4, -0.2) is 64.2 Å². The quantitative estimate of drug-likeness (QED) is 0.621. The van der Waals surface area contributed by atoms with E-state index in [4.69, 9.17) is 16.3 Å². The monoisotopic (exact) mass is 386 g/mol. The molecule has 1 aliphatic heterocycles. The van der Waals surface area contributed by atoms with Crippen molar-refractivity contribution >= 4 is 34.6 Å². The van der Waals surface area contributed by atoms with Gasteiger partial charge in [-0.15, -0.1) is 0 Å². The lowest BCUT2D eigenvalue weighted by molar-refractivity contribution is -0.115. The molecule has 140 valence electrons. The van der Waals surface area contributed by atoms with E-state index < -0.39 is 6.17 Å². The summed E-state index contributed by atoms with van der Waals surface area (Å²) in [5.41, 5.74) is 1.71. The smallest absolute Gasteiger partial charge is 0.163 e. The summed E-state index contributed by atoms with van der Waals surface area (Å²) >= 11 is 6.11. The molecule has 0 saturated carbocycles. The predicted molar refractivity (Wildman–Crippen MR) is 102 cm³/mol. The molecule has 1 aliphatic rings. The average molecular weight is 387 g/mol. The molecular formula is C18H19ClN6O2. The summed E-state index contributed by atoms with van der Waals surface area (Å²) in [6, 6.07) is 5.76. The Morgan fingerprint density at radius 2 is 2.04 bits per heavy atom. The fourth-order valence-corrected chi connectivity index (χ4v) is 3.57. The van der Waals surface area contributed by atoms with Crippen LogP contribution >= 0.6 is 11.6 Å². The Morgan fingerprint density at radius 3 is 2.78 bits per heavy atom. The van der Waals surface area contributed by atoms with Crippen LogP contribution in [-0.2, 0) is 4.79 Å². The first kappa shape index (κ1) is 17.7. The zero-order chi connectivity index (χ0) is 18.8. The summed E-state index contributed by atoms with van der Waals surface area (Å²) in [6.45, 7) is 3.01. The van der Waals surface area contributed by atoms with E-state index >= 15 is 0 Å². The maximum Gasteiger partial charge on any atom is 0.163 e. The highest BCUT2D eigenvalue weighted by Crippen LogP contribution is 2.30. The Hall–Kier alpha value is -2.71. The number of carbonyl (C=O) groups excluding carboxylic acids is 1. The minimum absolute atomic E-state index is 0.487. The summed E-state index contributed by atoms with van der Waals surface area (Å²) in [4.78, 5) is 24.4.